The molecule has 1 fully saturated rings. The monoisotopic (exact) mass is 426 g/mol. The molecule has 30 heavy (non-hydrogen) atoms. The van der Waals surface area contributed by atoms with Gasteiger partial charge in [0, 0.05) is 18.5 Å². The van der Waals surface area contributed by atoms with Crippen molar-refractivity contribution >= 4 is 17.5 Å². The van der Waals surface area contributed by atoms with Crippen molar-refractivity contribution in [1.82, 2.24) is 5.48 Å². The molecule has 2 rings (SSSR count). The summed E-state index contributed by atoms with van der Waals surface area (Å²) in [5, 5.41) is 41.1. The van der Waals surface area contributed by atoms with Gasteiger partial charge in [-0.25, -0.2) is 10.3 Å². The molecule has 1 aliphatic rings. The van der Waals surface area contributed by atoms with Crippen molar-refractivity contribution < 1.29 is 39.6 Å². The van der Waals surface area contributed by atoms with E-state index >= 15 is 0 Å². The SMILES string of the molecule is O=C(CCCCCCC(=O)Nc1ccccc1)NO[C@@H]1O[C@H](CO)[C@H](O)[C@H](O)[C@H]1O. The van der Waals surface area contributed by atoms with Gasteiger partial charge in [0.2, 0.25) is 18.1 Å². The lowest BCUT2D eigenvalue weighted by atomic mass is 9.99. The van der Waals surface area contributed by atoms with Gasteiger partial charge in [-0.1, -0.05) is 31.0 Å². The predicted octanol–water partition coefficient (Wildman–Crippen LogP) is -0.187. The van der Waals surface area contributed by atoms with Crippen molar-refractivity contribution in [3.63, 3.8) is 0 Å². The highest BCUT2D eigenvalue weighted by atomic mass is 16.8. The van der Waals surface area contributed by atoms with Crippen LogP contribution in [0.5, 0.6) is 0 Å². The number of carbonyl (C=O) groups is 2. The molecular formula is C20H30N2O8. The van der Waals surface area contributed by atoms with Crippen molar-refractivity contribution in [1.29, 1.82) is 0 Å². The maximum absolute atomic E-state index is 11.8. The molecule has 1 aromatic rings. The number of rotatable bonds is 11. The van der Waals surface area contributed by atoms with Gasteiger partial charge in [-0.05, 0) is 25.0 Å². The number of para-hydroxylation sites is 1. The van der Waals surface area contributed by atoms with Crippen LogP contribution in [0.25, 0.3) is 0 Å². The topological polar surface area (TPSA) is 158 Å². The maximum atomic E-state index is 11.8. The van der Waals surface area contributed by atoms with Gasteiger partial charge < -0.3 is 30.5 Å². The third-order valence-electron chi connectivity index (χ3n) is 4.75. The van der Waals surface area contributed by atoms with Crippen LogP contribution in [0.2, 0.25) is 0 Å². The van der Waals surface area contributed by atoms with Crippen molar-refractivity contribution in [3.05, 3.63) is 30.3 Å². The molecule has 2 amide bonds. The van der Waals surface area contributed by atoms with Crippen LogP contribution in [0.15, 0.2) is 30.3 Å². The predicted molar refractivity (Wildman–Crippen MR) is 106 cm³/mol. The Hall–Kier alpha value is -2.08. The van der Waals surface area contributed by atoms with Crippen molar-refractivity contribution in [2.24, 2.45) is 0 Å². The minimum absolute atomic E-state index is 0.0492. The Kier molecular flexibility index (Phi) is 10.1. The Labute approximate surface area is 174 Å². The van der Waals surface area contributed by atoms with Crippen molar-refractivity contribution in [3.8, 4) is 0 Å². The highest BCUT2D eigenvalue weighted by molar-refractivity contribution is 5.90. The van der Waals surface area contributed by atoms with Crippen LogP contribution in [-0.4, -0.2) is 69.6 Å². The summed E-state index contributed by atoms with van der Waals surface area (Å²) in [5.74, 6) is -0.486. The first-order valence-corrected chi connectivity index (χ1v) is 10.0. The number of unbranched alkanes of at least 4 members (excludes halogenated alkanes) is 3. The summed E-state index contributed by atoms with van der Waals surface area (Å²) in [7, 11) is 0. The molecule has 1 aromatic carbocycles. The second-order valence-electron chi connectivity index (χ2n) is 7.17. The average Bonchev–Trinajstić information content (AvgIpc) is 2.74. The number of hydroxylamine groups is 1. The van der Waals surface area contributed by atoms with Crippen LogP contribution in [0.1, 0.15) is 38.5 Å². The number of aliphatic hydroxyl groups is 4. The van der Waals surface area contributed by atoms with E-state index in [1.54, 1.807) is 0 Å². The first kappa shape index (κ1) is 24.2. The molecule has 10 nitrogen and oxygen atoms in total. The Balaban J connectivity index is 1.54. The summed E-state index contributed by atoms with van der Waals surface area (Å²) < 4.78 is 5.12. The second-order valence-corrected chi connectivity index (χ2v) is 7.17. The quantitative estimate of drug-likeness (QED) is 0.210. The number of aliphatic hydroxyl groups excluding tert-OH is 4. The van der Waals surface area contributed by atoms with Gasteiger partial charge in [-0.2, -0.15) is 0 Å². The van der Waals surface area contributed by atoms with Gasteiger partial charge in [0.25, 0.3) is 0 Å². The van der Waals surface area contributed by atoms with Gasteiger partial charge in [-0.3, -0.25) is 9.59 Å². The molecule has 0 unspecified atom stereocenters. The van der Waals surface area contributed by atoms with Gasteiger partial charge in [0.05, 0.1) is 6.61 Å². The number of hydrogen-bond acceptors (Lipinski definition) is 8. The summed E-state index contributed by atoms with van der Waals surface area (Å²) in [6.45, 7) is -0.581. The summed E-state index contributed by atoms with van der Waals surface area (Å²) in [6.07, 6.45) is -3.73. The molecule has 1 heterocycles. The molecule has 1 saturated heterocycles. The van der Waals surface area contributed by atoms with Crippen molar-refractivity contribution in [2.45, 2.75) is 69.2 Å². The number of carbonyl (C=O) groups excluding carboxylic acids is 2. The summed E-state index contributed by atoms with van der Waals surface area (Å²) in [6, 6.07) is 9.22. The fraction of sp³-hybridized carbons (Fsp3) is 0.600. The molecule has 0 aromatic heterocycles. The first-order valence-electron chi connectivity index (χ1n) is 10.0. The Morgan fingerprint density at radius 1 is 0.900 bits per heavy atom. The third-order valence-corrected chi connectivity index (χ3v) is 4.75. The zero-order chi connectivity index (χ0) is 21.9. The van der Waals surface area contributed by atoms with E-state index in [9.17, 15) is 24.9 Å². The molecule has 5 atom stereocenters. The van der Waals surface area contributed by atoms with E-state index < -0.39 is 43.2 Å². The minimum Gasteiger partial charge on any atom is -0.394 e. The largest absolute Gasteiger partial charge is 0.394 e. The molecule has 10 heteroatoms. The smallest absolute Gasteiger partial charge is 0.243 e. The molecule has 0 saturated carbocycles. The normalized spacial score (nSPS) is 26.2. The van der Waals surface area contributed by atoms with Crippen molar-refractivity contribution in [2.75, 3.05) is 11.9 Å². The molecule has 0 aliphatic carbocycles. The second kappa shape index (κ2) is 12.6. The highest BCUT2D eigenvalue weighted by Crippen LogP contribution is 2.21. The van der Waals surface area contributed by atoms with Crippen LogP contribution in [0.3, 0.4) is 0 Å². The van der Waals surface area contributed by atoms with E-state index in [0.717, 1.165) is 18.5 Å². The fourth-order valence-corrected chi connectivity index (χ4v) is 3.01. The Morgan fingerprint density at radius 3 is 2.17 bits per heavy atom. The molecule has 1 aliphatic heterocycles. The number of benzene rings is 1. The fourth-order valence-electron chi connectivity index (χ4n) is 3.01. The highest BCUT2D eigenvalue weighted by Gasteiger charge is 2.44. The number of hydrogen-bond donors (Lipinski definition) is 6. The van der Waals surface area contributed by atoms with E-state index in [1.807, 2.05) is 30.3 Å². The number of amides is 2. The molecular weight excluding hydrogens is 396 g/mol. The lowest BCUT2D eigenvalue weighted by Gasteiger charge is -2.39. The van der Waals surface area contributed by atoms with Gasteiger partial charge in [0.1, 0.15) is 24.4 Å². The summed E-state index contributed by atoms with van der Waals surface area (Å²) >= 11 is 0. The van der Waals surface area contributed by atoms with Crippen LogP contribution in [0.4, 0.5) is 5.69 Å². The minimum atomic E-state index is -1.58. The van der Waals surface area contributed by atoms with E-state index in [4.69, 9.17) is 14.7 Å². The zero-order valence-corrected chi connectivity index (χ0v) is 16.6. The lowest BCUT2D eigenvalue weighted by molar-refractivity contribution is -0.313. The van der Waals surface area contributed by atoms with E-state index in [-0.39, 0.29) is 12.3 Å². The maximum Gasteiger partial charge on any atom is 0.243 e. The molecule has 0 radical (unpaired) electrons. The molecule has 0 spiro atoms. The standard InChI is InChI=1S/C20H30N2O8/c23-12-14-17(26)18(27)19(28)20(29-14)30-22-16(25)11-7-2-1-6-10-15(24)21-13-8-4-3-5-9-13/h3-5,8-9,14,17-20,23,26-28H,1-2,6-7,10-12H2,(H,21,24)(H,22,25)/t14-,17+,18+,19-,20+/m1/s1. The third kappa shape index (κ3) is 7.63. The van der Waals surface area contributed by atoms with Gasteiger partial charge in [-0.15, -0.1) is 0 Å². The van der Waals surface area contributed by atoms with Crippen LogP contribution in [-0.2, 0) is 19.2 Å². The lowest BCUT2D eigenvalue weighted by Crippen LogP contribution is -2.60. The number of anilines is 1. The molecule has 168 valence electrons. The van der Waals surface area contributed by atoms with E-state index in [0.29, 0.717) is 19.3 Å². The molecule has 6 N–H and O–H groups in total. The molecule has 0 bridgehead atoms. The van der Waals surface area contributed by atoms with Crippen LogP contribution >= 0.6 is 0 Å². The van der Waals surface area contributed by atoms with Crippen LogP contribution in [0, 0.1) is 0 Å². The zero-order valence-electron chi connectivity index (χ0n) is 16.6. The number of nitrogens with one attached hydrogen (secondary N) is 2. The van der Waals surface area contributed by atoms with Crippen LogP contribution < -0.4 is 10.8 Å². The first-order chi connectivity index (χ1) is 14.4. The summed E-state index contributed by atoms with van der Waals surface area (Å²) in [5.41, 5.74) is 2.90. The Bertz CT molecular complexity index is 657. The van der Waals surface area contributed by atoms with E-state index in [1.165, 1.54) is 0 Å². The summed E-state index contributed by atoms with van der Waals surface area (Å²) in [4.78, 5) is 28.6. The Morgan fingerprint density at radius 2 is 1.53 bits per heavy atom. The number of ether oxygens (including phenoxy) is 1. The van der Waals surface area contributed by atoms with Gasteiger partial charge >= 0.3 is 0 Å². The van der Waals surface area contributed by atoms with Gasteiger partial charge in [0.15, 0.2) is 0 Å². The average molecular weight is 426 g/mol. The van der Waals surface area contributed by atoms with E-state index in [2.05, 4.69) is 10.8 Å².